The van der Waals surface area contributed by atoms with Crippen molar-refractivity contribution in [2.45, 2.75) is 40.2 Å². The van der Waals surface area contributed by atoms with Crippen molar-refractivity contribution in [1.29, 1.82) is 0 Å². The number of hydrogen-bond acceptors (Lipinski definition) is 2. The molecule has 0 saturated heterocycles. The summed E-state index contributed by atoms with van der Waals surface area (Å²) in [5.41, 5.74) is 1.37. The first-order valence-corrected chi connectivity index (χ1v) is 7.39. The molecule has 1 N–H and O–H groups in total. The molecule has 0 aliphatic heterocycles. The number of carbonyl (C=O) groups is 1. The average Bonchev–Trinajstić information content (AvgIpc) is 2.44. The van der Waals surface area contributed by atoms with Gasteiger partial charge in [-0.25, -0.2) is 0 Å². The van der Waals surface area contributed by atoms with E-state index in [2.05, 4.69) is 5.32 Å². The summed E-state index contributed by atoms with van der Waals surface area (Å²) in [7, 11) is 0. The van der Waals surface area contributed by atoms with E-state index in [9.17, 15) is 9.59 Å². The van der Waals surface area contributed by atoms with Gasteiger partial charge < -0.3 is 9.88 Å². The minimum Gasteiger partial charge on any atom is -0.351 e. The molecule has 2 rings (SSSR count). The quantitative estimate of drug-likeness (QED) is 0.939. The number of benzene rings is 1. The highest BCUT2D eigenvalue weighted by atomic mass is 16.2. The largest absolute Gasteiger partial charge is 0.351 e. The number of fused-ring (bicyclic) bond motifs is 1. The zero-order valence-corrected chi connectivity index (χ0v) is 13.1. The molecule has 0 aliphatic carbocycles. The van der Waals surface area contributed by atoms with Crippen molar-refractivity contribution in [2.75, 3.05) is 6.54 Å². The van der Waals surface area contributed by atoms with E-state index in [1.807, 2.05) is 45.9 Å². The monoisotopic (exact) mass is 286 g/mol. The van der Waals surface area contributed by atoms with Crippen LogP contribution in [0.4, 0.5) is 0 Å². The maximum atomic E-state index is 12.7. The lowest BCUT2D eigenvalue weighted by atomic mass is 10.1. The summed E-state index contributed by atoms with van der Waals surface area (Å²) in [6.07, 6.45) is 0.866. The summed E-state index contributed by atoms with van der Waals surface area (Å²) >= 11 is 0. The Bertz CT molecular complexity index is 729. The van der Waals surface area contributed by atoms with Crippen LogP contribution >= 0.6 is 0 Å². The maximum Gasteiger partial charge on any atom is 0.268 e. The van der Waals surface area contributed by atoms with Gasteiger partial charge in [0.05, 0.1) is 0 Å². The molecule has 0 bridgehead atoms. The van der Waals surface area contributed by atoms with E-state index in [0.29, 0.717) is 17.6 Å². The molecule has 21 heavy (non-hydrogen) atoms. The van der Waals surface area contributed by atoms with E-state index in [-0.39, 0.29) is 17.5 Å². The van der Waals surface area contributed by atoms with Gasteiger partial charge in [-0.2, -0.15) is 0 Å². The van der Waals surface area contributed by atoms with Crippen LogP contribution in [0.2, 0.25) is 0 Å². The molecule has 4 nitrogen and oxygen atoms in total. The fraction of sp³-hybridized carbons (Fsp3) is 0.412. The van der Waals surface area contributed by atoms with Crippen LogP contribution in [0.1, 0.15) is 49.3 Å². The normalized spacial score (nSPS) is 11.1. The topological polar surface area (TPSA) is 51.1 Å². The maximum absolute atomic E-state index is 12.7. The Kier molecular flexibility index (Phi) is 4.46. The van der Waals surface area contributed by atoms with Gasteiger partial charge in [-0.15, -0.1) is 0 Å². The smallest absolute Gasteiger partial charge is 0.268 e. The zero-order valence-electron chi connectivity index (χ0n) is 13.1. The number of pyridine rings is 1. The summed E-state index contributed by atoms with van der Waals surface area (Å²) in [6.45, 7) is 8.40. The van der Waals surface area contributed by atoms with Crippen LogP contribution in [-0.4, -0.2) is 17.0 Å². The van der Waals surface area contributed by atoms with Gasteiger partial charge in [0.2, 0.25) is 0 Å². The summed E-state index contributed by atoms with van der Waals surface area (Å²) in [5, 5.41) is 4.32. The van der Waals surface area contributed by atoms with E-state index in [1.54, 1.807) is 10.6 Å². The van der Waals surface area contributed by atoms with Gasteiger partial charge in [0.25, 0.3) is 11.5 Å². The molecular formula is C17H22N2O2. The van der Waals surface area contributed by atoms with E-state index in [0.717, 1.165) is 17.4 Å². The van der Waals surface area contributed by atoms with Gasteiger partial charge in [0.15, 0.2) is 0 Å². The van der Waals surface area contributed by atoms with E-state index < -0.39 is 0 Å². The third-order valence-electron chi connectivity index (χ3n) is 3.49. The van der Waals surface area contributed by atoms with Gasteiger partial charge >= 0.3 is 0 Å². The number of rotatable bonds is 4. The van der Waals surface area contributed by atoms with Crippen LogP contribution in [0.5, 0.6) is 0 Å². The standard InChI is InChI=1S/C17H22N2O2/c1-5-8-18-16(20)15-10-13-7-6-12(4)9-14(13)17(21)19(15)11(2)3/h6-7,9-11H,5,8H2,1-4H3,(H,18,20). The Balaban J connectivity index is 2.69. The zero-order chi connectivity index (χ0) is 15.6. The number of aromatic nitrogens is 1. The molecule has 1 aromatic carbocycles. The molecule has 0 aliphatic rings. The fourth-order valence-electron chi connectivity index (χ4n) is 2.45. The van der Waals surface area contributed by atoms with Crippen molar-refractivity contribution < 1.29 is 4.79 Å². The average molecular weight is 286 g/mol. The Morgan fingerprint density at radius 3 is 2.62 bits per heavy atom. The van der Waals surface area contributed by atoms with Crippen molar-refractivity contribution in [3.8, 4) is 0 Å². The lowest BCUT2D eigenvalue weighted by Gasteiger charge is -2.17. The molecule has 0 spiro atoms. The summed E-state index contributed by atoms with van der Waals surface area (Å²) < 4.78 is 1.58. The van der Waals surface area contributed by atoms with Crippen LogP contribution in [-0.2, 0) is 0 Å². The molecule has 4 heteroatoms. The van der Waals surface area contributed by atoms with E-state index in [1.165, 1.54) is 0 Å². The van der Waals surface area contributed by atoms with Gasteiger partial charge in [0.1, 0.15) is 5.69 Å². The molecule has 0 radical (unpaired) electrons. The second kappa shape index (κ2) is 6.12. The molecule has 0 saturated carbocycles. The van der Waals surface area contributed by atoms with E-state index in [4.69, 9.17) is 0 Å². The first kappa shape index (κ1) is 15.3. The molecule has 0 atom stereocenters. The van der Waals surface area contributed by atoms with Crippen LogP contribution in [0.15, 0.2) is 29.1 Å². The minimum absolute atomic E-state index is 0.0650. The molecular weight excluding hydrogens is 264 g/mol. The fourth-order valence-corrected chi connectivity index (χ4v) is 2.45. The van der Waals surface area contributed by atoms with Crippen LogP contribution in [0.25, 0.3) is 10.8 Å². The predicted molar refractivity (Wildman–Crippen MR) is 86.0 cm³/mol. The Labute approximate surface area is 124 Å². The molecule has 0 fully saturated rings. The number of amides is 1. The van der Waals surface area contributed by atoms with Crippen molar-refractivity contribution in [1.82, 2.24) is 9.88 Å². The number of nitrogens with one attached hydrogen (secondary N) is 1. The lowest BCUT2D eigenvalue weighted by Crippen LogP contribution is -2.33. The van der Waals surface area contributed by atoms with E-state index >= 15 is 0 Å². The van der Waals surface area contributed by atoms with Crippen LogP contribution < -0.4 is 10.9 Å². The highest BCUT2D eigenvalue weighted by Gasteiger charge is 2.17. The van der Waals surface area contributed by atoms with Gasteiger partial charge in [-0.3, -0.25) is 9.59 Å². The summed E-state index contributed by atoms with van der Waals surface area (Å²) in [6, 6.07) is 7.47. The number of aryl methyl sites for hydroxylation is 1. The summed E-state index contributed by atoms with van der Waals surface area (Å²) in [4.78, 5) is 25.0. The molecule has 1 aromatic heterocycles. The third-order valence-corrected chi connectivity index (χ3v) is 3.49. The first-order chi connectivity index (χ1) is 9.95. The minimum atomic E-state index is -0.190. The van der Waals surface area contributed by atoms with Crippen LogP contribution in [0.3, 0.4) is 0 Å². The first-order valence-electron chi connectivity index (χ1n) is 7.39. The van der Waals surface area contributed by atoms with Gasteiger partial charge in [0, 0.05) is 18.0 Å². The SMILES string of the molecule is CCCNC(=O)c1cc2ccc(C)cc2c(=O)n1C(C)C. The van der Waals surface area contributed by atoms with Crippen molar-refractivity contribution in [3.05, 3.63) is 45.9 Å². The van der Waals surface area contributed by atoms with Crippen molar-refractivity contribution in [2.24, 2.45) is 0 Å². The molecule has 1 heterocycles. The highest BCUT2D eigenvalue weighted by molar-refractivity contribution is 5.96. The molecule has 112 valence electrons. The van der Waals surface area contributed by atoms with Crippen molar-refractivity contribution >= 4 is 16.7 Å². The Hall–Kier alpha value is -2.10. The second-order valence-corrected chi connectivity index (χ2v) is 5.65. The van der Waals surface area contributed by atoms with Gasteiger partial charge in [-0.1, -0.05) is 24.6 Å². The predicted octanol–water partition coefficient (Wildman–Crippen LogP) is 3.03. The number of hydrogen-bond donors (Lipinski definition) is 1. The molecule has 0 unspecified atom stereocenters. The van der Waals surface area contributed by atoms with Crippen molar-refractivity contribution in [3.63, 3.8) is 0 Å². The number of nitrogens with zero attached hydrogens (tertiary/aromatic N) is 1. The second-order valence-electron chi connectivity index (χ2n) is 5.65. The molecule has 1 amide bonds. The third kappa shape index (κ3) is 2.99. The summed E-state index contributed by atoms with van der Waals surface area (Å²) in [5.74, 6) is -0.190. The van der Waals surface area contributed by atoms with Crippen LogP contribution in [0, 0.1) is 6.92 Å². The van der Waals surface area contributed by atoms with Gasteiger partial charge in [-0.05, 0) is 44.7 Å². The lowest BCUT2D eigenvalue weighted by molar-refractivity contribution is 0.0941. The number of carbonyl (C=O) groups excluding carboxylic acids is 1. The Morgan fingerprint density at radius 1 is 1.29 bits per heavy atom. The molecule has 2 aromatic rings. The highest BCUT2D eigenvalue weighted by Crippen LogP contribution is 2.17. The Morgan fingerprint density at radius 2 is 2.00 bits per heavy atom.